The van der Waals surface area contributed by atoms with Gasteiger partial charge in [0.1, 0.15) is 0 Å². The second-order valence-corrected chi connectivity index (χ2v) is 3.57. The van der Waals surface area contributed by atoms with Gasteiger partial charge in [0.2, 0.25) is 0 Å². The second kappa shape index (κ2) is 9.92. The molecule has 0 aromatic rings. The molecule has 0 radical (unpaired) electrons. The third kappa shape index (κ3) is 12.4. The molecule has 5 N–H and O–H groups in total. The van der Waals surface area contributed by atoms with Gasteiger partial charge in [-0.2, -0.15) is 0 Å². The normalized spacial score (nSPS) is 14.6. The van der Waals surface area contributed by atoms with Crippen LogP contribution in [0.5, 0.6) is 0 Å². The Hall–Kier alpha value is 0.380. The molecular formula is C7H15N2NaO2S2. The number of rotatable bonds is 1. The molecule has 14 heavy (non-hydrogen) atoms. The van der Waals surface area contributed by atoms with E-state index in [0.717, 1.165) is 12.8 Å². The summed E-state index contributed by atoms with van der Waals surface area (Å²) in [6.07, 6.45) is 4.84. The van der Waals surface area contributed by atoms with Crippen molar-refractivity contribution in [3.05, 3.63) is 0 Å². The van der Waals surface area contributed by atoms with Gasteiger partial charge in [-0.15, -0.1) is 0 Å². The van der Waals surface area contributed by atoms with Gasteiger partial charge in [0.25, 0.3) is 10.3 Å². The molecule has 7 heteroatoms. The Bertz CT molecular complexity index is 183. The molecule has 1 fully saturated rings. The zero-order valence-electron chi connectivity index (χ0n) is 7.19. The van der Waals surface area contributed by atoms with E-state index in [2.05, 4.69) is 35.5 Å². The van der Waals surface area contributed by atoms with Crippen LogP contribution in [-0.4, -0.2) is 56.2 Å². The molecule has 0 aliphatic heterocycles. The molecule has 0 heterocycles. The van der Waals surface area contributed by atoms with Crippen molar-refractivity contribution in [2.45, 2.75) is 31.7 Å². The first-order chi connectivity index (χ1) is 6.02. The van der Waals surface area contributed by atoms with Gasteiger partial charge < -0.3 is 21.3 Å². The number of hydrogen-bond donors (Lipinski definition) is 4. The maximum atomic E-state index is 8.63. The van der Waals surface area contributed by atoms with Crippen molar-refractivity contribution >= 4 is 64.3 Å². The van der Waals surface area contributed by atoms with Gasteiger partial charge in [0.05, 0.1) is 0 Å². The summed E-state index contributed by atoms with van der Waals surface area (Å²) in [5, 5.41) is 18.5. The van der Waals surface area contributed by atoms with E-state index in [-0.39, 0.29) is 34.7 Å². The van der Waals surface area contributed by atoms with Crippen LogP contribution in [0.4, 0.5) is 0 Å². The van der Waals surface area contributed by atoms with Gasteiger partial charge in [-0.25, -0.2) is 0 Å². The van der Waals surface area contributed by atoms with Crippen molar-refractivity contribution in [1.82, 2.24) is 5.32 Å². The monoisotopic (exact) mass is 246 g/mol. The predicted molar refractivity (Wildman–Crippen MR) is 67.2 cm³/mol. The zero-order valence-corrected chi connectivity index (χ0v) is 8.83. The third-order valence-corrected chi connectivity index (χ3v) is 1.80. The molecule has 0 saturated heterocycles. The summed E-state index contributed by atoms with van der Waals surface area (Å²) in [6.45, 7) is 0. The summed E-state index contributed by atoms with van der Waals surface area (Å²) in [4.78, 5) is 0. The van der Waals surface area contributed by atoms with Crippen LogP contribution in [0.3, 0.4) is 0 Å². The molecule has 1 aliphatic rings. The average Bonchev–Trinajstić information content (AvgIpc) is 2.36. The van der Waals surface area contributed by atoms with Gasteiger partial charge in [0, 0.05) is 6.04 Å². The van der Waals surface area contributed by atoms with Gasteiger partial charge in [-0.3, -0.25) is 0 Å². The molecule has 0 amide bonds. The van der Waals surface area contributed by atoms with Crippen LogP contribution in [0.15, 0.2) is 0 Å². The van der Waals surface area contributed by atoms with E-state index < -0.39 is 5.17 Å². The molecule has 0 aromatic carbocycles. The quantitative estimate of drug-likeness (QED) is 0.399. The number of nitrogens with one attached hydrogen (secondary N) is 1. The van der Waals surface area contributed by atoms with E-state index >= 15 is 0 Å². The molecule has 4 nitrogen and oxygen atoms in total. The van der Waals surface area contributed by atoms with Crippen LogP contribution in [0.2, 0.25) is 0 Å². The number of thiocarbonyl (C=S) groups is 2. The summed E-state index contributed by atoms with van der Waals surface area (Å²) >= 11 is 8.35. The Labute approximate surface area is 117 Å². The first-order valence-corrected chi connectivity index (χ1v) is 4.82. The van der Waals surface area contributed by atoms with Crippen molar-refractivity contribution in [1.29, 1.82) is 0 Å². The molecule has 0 spiro atoms. The van der Waals surface area contributed by atoms with E-state index in [9.17, 15) is 0 Å². The van der Waals surface area contributed by atoms with E-state index in [0.29, 0.717) is 6.04 Å². The molecule has 1 saturated carbocycles. The first kappa shape index (κ1) is 16.8. The van der Waals surface area contributed by atoms with Crippen molar-refractivity contribution < 1.29 is 10.2 Å². The van der Waals surface area contributed by atoms with Crippen LogP contribution < -0.4 is 11.1 Å². The fourth-order valence-corrected chi connectivity index (χ4v) is 1.41. The van der Waals surface area contributed by atoms with Crippen LogP contribution in [0, 0.1) is 0 Å². The molecular weight excluding hydrogens is 231 g/mol. The number of aliphatic hydroxyl groups excluding tert-OH is 2. The second-order valence-electron chi connectivity index (χ2n) is 2.77. The number of nitrogens with two attached hydrogens (primary N) is 1. The standard InChI is InChI=1S/C6H11NOS.CH3NOS.Na.H/c8-6(9)7-5-3-1-2-4-5;2-1(3)4;;/h5H,1-4H2,(H2,7,8,9);(H3,2,3,4);;. The van der Waals surface area contributed by atoms with Gasteiger partial charge in [0.15, 0.2) is 0 Å². The van der Waals surface area contributed by atoms with Gasteiger partial charge >= 0.3 is 29.6 Å². The fraction of sp³-hybridized carbons (Fsp3) is 0.714. The SMILES string of the molecule is NC(O)=S.OC(=S)NC1CCCC1.[NaH]. The zero-order chi connectivity index (χ0) is 10.3. The van der Waals surface area contributed by atoms with Crippen molar-refractivity contribution in [3.63, 3.8) is 0 Å². The van der Waals surface area contributed by atoms with Crippen molar-refractivity contribution in [2.75, 3.05) is 0 Å². The Morgan fingerprint density at radius 3 is 1.86 bits per heavy atom. The van der Waals surface area contributed by atoms with E-state index in [1.54, 1.807) is 0 Å². The van der Waals surface area contributed by atoms with E-state index in [1.165, 1.54) is 12.8 Å². The van der Waals surface area contributed by atoms with Crippen LogP contribution in [0.1, 0.15) is 25.7 Å². The molecule has 1 aliphatic carbocycles. The Balaban J connectivity index is 0. The average molecular weight is 246 g/mol. The minimum absolute atomic E-state index is 0. The van der Waals surface area contributed by atoms with Crippen molar-refractivity contribution in [2.24, 2.45) is 5.73 Å². The third-order valence-electron chi connectivity index (χ3n) is 1.68. The van der Waals surface area contributed by atoms with E-state index in [4.69, 9.17) is 10.2 Å². The summed E-state index contributed by atoms with van der Waals surface area (Å²) in [6, 6.07) is 0.447. The number of hydrogen-bond acceptors (Lipinski definition) is 2. The fourth-order valence-electron chi connectivity index (χ4n) is 1.24. The van der Waals surface area contributed by atoms with Crippen molar-refractivity contribution in [3.8, 4) is 0 Å². The maximum absolute atomic E-state index is 8.63. The van der Waals surface area contributed by atoms with Gasteiger partial charge in [-0.1, -0.05) is 12.8 Å². The summed E-state index contributed by atoms with van der Waals surface area (Å²) in [5.41, 5.74) is 4.40. The molecule has 0 atom stereocenters. The topological polar surface area (TPSA) is 78.5 Å². The summed E-state index contributed by atoms with van der Waals surface area (Å²) in [7, 11) is 0. The summed E-state index contributed by atoms with van der Waals surface area (Å²) in [5.74, 6) is 0. The molecule has 78 valence electrons. The Morgan fingerprint density at radius 2 is 1.57 bits per heavy atom. The van der Waals surface area contributed by atoms with Crippen LogP contribution >= 0.6 is 24.4 Å². The minimum atomic E-state index is -0.500. The van der Waals surface area contributed by atoms with E-state index in [1.807, 2.05) is 0 Å². The van der Waals surface area contributed by atoms with Crippen LogP contribution in [0.25, 0.3) is 0 Å². The Kier molecular flexibility index (Phi) is 11.9. The first-order valence-electron chi connectivity index (χ1n) is 4.00. The molecule has 0 aromatic heterocycles. The number of aliphatic hydroxyl groups is 2. The van der Waals surface area contributed by atoms with Crippen LogP contribution in [-0.2, 0) is 0 Å². The van der Waals surface area contributed by atoms with Gasteiger partial charge in [-0.05, 0) is 37.3 Å². The molecule has 0 bridgehead atoms. The Morgan fingerprint density at radius 1 is 1.21 bits per heavy atom. The molecule has 1 rings (SSSR count). The molecule has 0 unspecified atom stereocenters. The summed E-state index contributed by atoms with van der Waals surface area (Å²) < 4.78 is 0. The predicted octanol–water partition coefficient (Wildman–Crippen LogP) is 0.501.